The number of piperazine rings is 1. The zero-order chi connectivity index (χ0) is 22.3. The minimum absolute atomic E-state index is 0. The van der Waals surface area contributed by atoms with Crippen LogP contribution in [0, 0.1) is 12.8 Å². The first kappa shape index (κ1) is 25.1. The number of nitrogens with zero attached hydrogens (tertiary/aromatic N) is 2. The van der Waals surface area contributed by atoms with Crippen molar-refractivity contribution < 1.29 is 9.53 Å². The van der Waals surface area contributed by atoms with E-state index in [-0.39, 0.29) is 29.9 Å². The molecule has 4 rings (SSSR count). The summed E-state index contributed by atoms with van der Waals surface area (Å²) in [5, 5.41) is 9.62. The van der Waals surface area contributed by atoms with E-state index in [0.29, 0.717) is 26.2 Å². The second kappa shape index (κ2) is 12.1. The van der Waals surface area contributed by atoms with Gasteiger partial charge in [-0.25, -0.2) is 0 Å². The van der Waals surface area contributed by atoms with Crippen LogP contribution in [0.15, 0.2) is 47.5 Å². The molecule has 0 bridgehead atoms. The van der Waals surface area contributed by atoms with Gasteiger partial charge in [-0.15, -0.1) is 24.0 Å². The number of benzene rings is 2. The minimum Gasteiger partial charge on any atom is -0.493 e. The quantitative estimate of drug-likeness (QED) is 0.261. The van der Waals surface area contributed by atoms with Crippen molar-refractivity contribution in [1.82, 2.24) is 16.0 Å². The number of ether oxygens (including phenoxy) is 1. The molecular formula is C25H34IN5O2. The first-order valence-corrected chi connectivity index (χ1v) is 11.4. The molecule has 2 aromatic carbocycles. The fourth-order valence-corrected chi connectivity index (χ4v) is 3.70. The van der Waals surface area contributed by atoms with Gasteiger partial charge in [0.2, 0.25) is 5.91 Å². The molecule has 1 saturated carbocycles. The number of rotatable bonds is 8. The van der Waals surface area contributed by atoms with Crippen molar-refractivity contribution >= 4 is 41.5 Å². The Hall–Kier alpha value is -2.49. The van der Waals surface area contributed by atoms with Crippen molar-refractivity contribution in [1.29, 1.82) is 0 Å². The van der Waals surface area contributed by atoms with Crippen LogP contribution >= 0.6 is 24.0 Å². The first-order chi connectivity index (χ1) is 15.6. The van der Waals surface area contributed by atoms with E-state index in [2.05, 4.69) is 75.2 Å². The lowest BCUT2D eigenvalue weighted by Gasteiger charge is -2.28. The molecule has 1 amide bonds. The average molecular weight is 563 g/mol. The zero-order valence-corrected chi connectivity index (χ0v) is 21.7. The van der Waals surface area contributed by atoms with E-state index in [4.69, 9.17) is 4.74 Å². The molecule has 1 aliphatic heterocycles. The van der Waals surface area contributed by atoms with Crippen molar-refractivity contribution in [2.45, 2.75) is 32.9 Å². The lowest BCUT2D eigenvalue weighted by molar-refractivity contribution is -0.120. The smallest absolute Gasteiger partial charge is 0.239 e. The molecule has 33 heavy (non-hydrogen) atoms. The van der Waals surface area contributed by atoms with Crippen molar-refractivity contribution in [2.24, 2.45) is 10.9 Å². The van der Waals surface area contributed by atoms with E-state index >= 15 is 0 Å². The number of aliphatic imine (C=N–C) groups is 1. The molecule has 0 spiro atoms. The van der Waals surface area contributed by atoms with Gasteiger partial charge in [-0.05, 0) is 55.0 Å². The van der Waals surface area contributed by atoms with Crippen molar-refractivity contribution in [3.05, 3.63) is 59.2 Å². The monoisotopic (exact) mass is 563 g/mol. The predicted molar refractivity (Wildman–Crippen MR) is 144 cm³/mol. The number of hydrogen-bond donors (Lipinski definition) is 3. The van der Waals surface area contributed by atoms with Gasteiger partial charge < -0.3 is 25.6 Å². The molecule has 2 aromatic rings. The highest BCUT2D eigenvalue weighted by atomic mass is 127. The van der Waals surface area contributed by atoms with Gasteiger partial charge in [0, 0.05) is 44.5 Å². The molecule has 0 radical (unpaired) electrons. The highest BCUT2D eigenvalue weighted by Gasteiger charge is 2.22. The van der Waals surface area contributed by atoms with Crippen LogP contribution in [-0.2, 0) is 17.9 Å². The second-order valence-electron chi connectivity index (χ2n) is 8.58. The van der Waals surface area contributed by atoms with Crippen molar-refractivity contribution in [3.8, 4) is 5.75 Å². The maximum Gasteiger partial charge on any atom is 0.239 e. The van der Waals surface area contributed by atoms with Crippen LogP contribution in [0.5, 0.6) is 5.75 Å². The Labute approximate surface area is 213 Å². The summed E-state index contributed by atoms with van der Waals surface area (Å²) in [4.78, 5) is 18.1. The number of nitrogens with one attached hydrogen (secondary N) is 3. The predicted octanol–water partition coefficient (Wildman–Crippen LogP) is 3.20. The van der Waals surface area contributed by atoms with Gasteiger partial charge in [0.25, 0.3) is 0 Å². The van der Waals surface area contributed by atoms with E-state index in [9.17, 15) is 4.79 Å². The molecule has 1 aliphatic carbocycles. The highest BCUT2D eigenvalue weighted by Crippen LogP contribution is 2.30. The standard InChI is InChI=1S/C25H33N5O2.HI/c1-18-3-8-21(23(13-18)32-17-20-4-5-20)15-29-25(26-2)28-14-19-6-9-22(10-7-19)30-12-11-27-24(31)16-30;/h3,6-10,13,20H,4-5,11-12,14-17H2,1-2H3,(H,27,31)(H2,26,28,29);1H. The summed E-state index contributed by atoms with van der Waals surface area (Å²) < 4.78 is 6.08. The Morgan fingerprint density at radius 2 is 1.91 bits per heavy atom. The molecule has 8 heteroatoms. The number of carbonyl (C=O) groups is 1. The van der Waals surface area contributed by atoms with E-state index < -0.39 is 0 Å². The third kappa shape index (κ3) is 7.52. The lowest BCUT2D eigenvalue weighted by atomic mass is 10.1. The van der Waals surface area contributed by atoms with Gasteiger partial charge >= 0.3 is 0 Å². The summed E-state index contributed by atoms with van der Waals surface area (Å²) in [5.41, 5.74) is 4.57. The highest BCUT2D eigenvalue weighted by molar-refractivity contribution is 14.0. The summed E-state index contributed by atoms with van der Waals surface area (Å²) in [6, 6.07) is 14.7. The molecule has 0 aromatic heterocycles. The molecule has 2 fully saturated rings. The van der Waals surface area contributed by atoms with Crippen molar-refractivity contribution in [3.63, 3.8) is 0 Å². The Balaban J connectivity index is 0.00000306. The Kier molecular flexibility index (Phi) is 9.22. The number of carbonyl (C=O) groups excluding carboxylic acids is 1. The lowest BCUT2D eigenvalue weighted by Crippen LogP contribution is -2.47. The Morgan fingerprint density at radius 3 is 2.61 bits per heavy atom. The van der Waals surface area contributed by atoms with Crippen LogP contribution in [0.25, 0.3) is 0 Å². The van der Waals surface area contributed by atoms with Crippen LogP contribution in [-0.4, -0.2) is 45.2 Å². The maximum atomic E-state index is 11.6. The van der Waals surface area contributed by atoms with Gasteiger partial charge in [0.15, 0.2) is 5.96 Å². The number of halogens is 1. The summed E-state index contributed by atoms with van der Waals surface area (Å²) in [7, 11) is 1.78. The topological polar surface area (TPSA) is 78.0 Å². The molecule has 0 atom stereocenters. The van der Waals surface area contributed by atoms with Gasteiger partial charge in [0.05, 0.1) is 13.2 Å². The van der Waals surface area contributed by atoms with Gasteiger partial charge in [-0.3, -0.25) is 9.79 Å². The zero-order valence-electron chi connectivity index (χ0n) is 19.4. The maximum absolute atomic E-state index is 11.6. The van der Waals surface area contributed by atoms with Gasteiger partial charge in [-0.1, -0.05) is 24.3 Å². The largest absolute Gasteiger partial charge is 0.493 e. The number of hydrogen-bond acceptors (Lipinski definition) is 4. The summed E-state index contributed by atoms with van der Waals surface area (Å²) >= 11 is 0. The van der Waals surface area contributed by atoms with E-state index in [1.54, 1.807) is 7.05 Å². The van der Waals surface area contributed by atoms with E-state index in [1.807, 2.05) is 0 Å². The summed E-state index contributed by atoms with van der Waals surface area (Å²) in [6.45, 7) is 6.16. The Bertz CT molecular complexity index is 960. The molecule has 7 nitrogen and oxygen atoms in total. The van der Waals surface area contributed by atoms with E-state index in [1.165, 1.54) is 18.4 Å². The number of guanidine groups is 1. The van der Waals surface area contributed by atoms with Crippen molar-refractivity contribution in [2.75, 3.05) is 38.2 Å². The molecule has 178 valence electrons. The normalized spacial score (nSPS) is 16.0. The second-order valence-corrected chi connectivity index (χ2v) is 8.58. The SMILES string of the molecule is CN=C(NCc1ccc(N2CCNC(=O)C2)cc1)NCc1ccc(C)cc1OCC1CC1.I. The fraction of sp³-hybridized carbons (Fsp3) is 0.440. The first-order valence-electron chi connectivity index (χ1n) is 11.4. The Morgan fingerprint density at radius 1 is 1.15 bits per heavy atom. The number of anilines is 1. The van der Waals surface area contributed by atoms with Crippen LogP contribution in [0.2, 0.25) is 0 Å². The third-order valence-corrected chi connectivity index (χ3v) is 5.86. The molecular weight excluding hydrogens is 529 g/mol. The van der Waals surface area contributed by atoms with Gasteiger partial charge in [-0.2, -0.15) is 0 Å². The molecule has 1 saturated heterocycles. The average Bonchev–Trinajstić information content (AvgIpc) is 3.64. The minimum atomic E-state index is 0. The molecule has 1 heterocycles. The molecule has 0 unspecified atom stereocenters. The van der Waals surface area contributed by atoms with E-state index in [0.717, 1.165) is 47.6 Å². The molecule has 3 N–H and O–H groups in total. The fourth-order valence-electron chi connectivity index (χ4n) is 3.70. The third-order valence-electron chi connectivity index (χ3n) is 5.86. The summed E-state index contributed by atoms with van der Waals surface area (Å²) in [6.07, 6.45) is 2.56. The number of amides is 1. The van der Waals surface area contributed by atoms with Crippen LogP contribution in [0.4, 0.5) is 5.69 Å². The molecule has 2 aliphatic rings. The van der Waals surface area contributed by atoms with Crippen LogP contribution in [0.3, 0.4) is 0 Å². The van der Waals surface area contributed by atoms with Crippen LogP contribution < -0.4 is 25.6 Å². The van der Waals surface area contributed by atoms with Gasteiger partial charge in [0.1, 0.15) is 5.75 Å². The van der Waals surface area contributed by atoms with Crippen LogP contribution in [0.1, 0.15) is 29.5 Å². The number of aryl methyl sites for hydroxylation is 1. The summed E-state index contributed by atoms with van der Waals surface area (Å²) in [5.74, 6) is 2.51.